The van der Waals surface area contributed by atoms with E-state index in [4.69, 9.17) is 5.73 Å². The number of rotatable bonds is 4. The summed E-state index contributed by atoms with van der Waals surface area (Å²) in [6, 6.07) is 0.313. The molecule has 1 atom stereocenters. The number of urea groups is 1. The molecule has 0 aromatic carbocycles. The second-order valence-electron chi connectivity index (χ2n) is 6.62. The zero-order valence-electron chi connectivity index (χ0n) is 13.4. The van der Waals surface area contributed by atoms with E-state index in [0.717, 1.165) is 19.4 Å². The molecule has 0 bridgehead atoms. The minimum absolute atomic E-state index is 0.0181. The van der Waals surface area contributed by atoms with Crippen LogP contribution >= 0.6 is 0 Å². The Kier molecular flexibility index (Phi) is 4.83. The smallest absolute Gasteiger partial charge is 0.322 e. The van der Waals surface area contributed by atoms with Crippen molar-refractivity contribution in [2.24, 2.45) is 11.7 Å². The fraction of sp³-hybridized carbons (Fsp3) is 0.688. The van der Waals surface area contributed by atoms with Crippen LogP contribution in [-0.2, 0) is 11.3 Å². The molecule has 3 rings (SSSR count). The molecule has 7 heteroatoms. The van der Waals surface area contributed by atoms with Crippen LogP contribution in [0.3, 0.4) is 0 Å². The molecule has 1 saturated carbocycles. The normalized spacial score (nSPS) is 22.3. The number of hydrogen-bond acceptors (Lipinski definition) is 3. The summed E-state index contributed by atoms with van der Waals surface area (Å²) in [7, 11) is 0. The number of carbonyl (C=O) groups is 2. The van der Waals surface area contributed by atoms with Crippen LogP contribution < -0.4 is 11.1 Å². The molecule has 7 nitrogen and oxygen atoms in total. The van der Waals surface area contributed by atoms with Gasteiger partial charge in [-0.1, -0.05) is 19.3 Å². The molecule has 1 aliphatic heterocycles. The number of aromatic nitrogens is 2. The maximum Gasteiger partial charge on any atom is 0.322 e. The molecule has 3 amide bonds. The predicted octanol–water partition coefficient (Wildman–Crippen LogP) is 1.94. The van der Waals surface area contributed by atoms with Crippen molar-refractivity contribution in [2.45, 2.75) is 57.5 Å². The topological polar surface area (TPSA) is 93.2 Å². The maximum absolute atomic E-state index is 12.6. The second-order valence-corrected chi connectivity index (χ2v) is 6.62. The van der Waals surface area contributed by atoms with E-state index in [1.54, 1.807) is 12.4 Å². The predicted molar refractivity (Wildman–Crippen MR) is 86.7 cm³/mol. The van der Waals surface area contributed by atoms with Gasteiger partial charge in [0.1, 0.15) is 6.54 Å². The van der Waals surface area contributed by atoms with Gasteiger partial charge >= 0.3 is 6.03 Å². The molecule has 1 aromatic heterocycles. The van der Waals surface area contributed by atoms with E-state index in [1.165, 1.54) is 36.8 Å². The van der Waals surface area contributed by atoms with E-state index in [0.29, 0.717) is 17.6 Å². The van der Waals surface area contributed by atoms with Crippen LogP contribution in [0.15, 0.2) is 12.4 Å². The van der Waals surface area contributed by atoms with Gasteiger partial charge in [-0.25, -0.2) is 4.79 Å². The quantitative estimate of drug-likeness (QED) is 0.888. The number of nitrogens with two attached hydrogens (primary N) is 1. The van der Waals surface area contributed by atoms with Gasteiger partial charge < -0.3 is 16.0 Å². The Morgan fingerprint density at radius 1 is 1.22 bits per heavy atom. The van der Waals surface area contributed by atoms with Crippen molar-refractivity contribution in [3.63, 3.8) is 0 Å². The fourth-order valence-electron chi connectivity index (χ4n) is 3.92. The third-order valence-corrected chi connectivity index (χ3v) is 4.96. The van der Waals surface area contributed by atoms with Crippen LogP contribution in [0.4, 0.5) is 10.5 Å². The first kappa shape index (κ1) is 15.8. The van der Waals surface area contributed by atoms with E-state index in [-0.39, 0.29) is 12.6 Å². The van der Waals surface area contributed by atoms with Crippen molar-refractivity contribution in [2.75, 3.05) is 11.9 Å². The van der Waals surface area contributed by atoms with E-state index in [2.05, 4.69) is 10.4 Å². The molecule has 2 fully saturated rings. The Morgan fingerprint density at radius 2 is 2.00 bits per heavy atom. The molecule has 1 aliphatic carbocycles. The molecule has 1 saturated heterocycles. The highest BCUT2D eigenvalue weighted by atomic mass is 16.2. The lowest BCUT2D eigenvalue weighted by Gasteiger charge is -2.33. The SMILES string of the molecule is NC(=O)Cn1cc(NC(=O)N2CCC[C@H]2C2CCCCC2)cn1. The number of amides is 3. The third-order valence-electron chi connectivity index (χ3n) is 4.96. The molecule has 0 unspecified atom stereocenters. The number of carbonyl (C=O) groups excluding carboxylic acids is 2. The van der Waals surface area contributed by atoms with Crippen LogP contribution in [0.5, 0.6) is 0 Å². The first-order chi connectivity index (χ1) is 11.1. The van der Waals surface area contributed by atoms with Gasteiger partial charge in [-0.05, 0) is 31.6 Å². The largest absolute Gasteiger partial charge is 0.368 e. The summed E-state index contributed by atoms with van der Waals surface area (Å²) < 4.78 is 1.43. The number of nitrogens with zero attached hydrogens (tertiary/aromatic N) is 3. The molecule has 0 spiro atoms. The lowest BCUT2D eigenvalue weighted by Crippen LogP contribution is -2.43. The minimum atomic E-state index is -0.456. The van der Waals surface area contributed by atoms with E-state index in [9.17, 15) is 9.59 Å². The van der Waals surface area contributed by atoms with Crippen LogP contribution in [0.1, 0.15) is 44.9 Å². The molecule has 2 aliphatic rings. The Labute approximate surface area is 136 Å². The number of hydrogen-bond donors (Lipinski definition) is 2. The third kappa shape index (κ3) is 3.83. The zero-order chi connectivity index (χ0) is 16.2. The Hall–Kier alpha value is -2.05. The van der Waals surface area contributed by atoms with Gasteiger partial charge in [-0.3, -0.25) is 9.48 Å². The number of anilines is 1. The Morgan fingerprint density at radius 3 is 2.74 bits per heavy atom. The van der Waals surface area contributed by atoms with Gasteiger partial charge in [-0.15, -0.1) is 0 Å². The summed E-state index contributed by atoms with van der Waals surface area (Å²) in [5.74, 6) is 0.192. The first-order valence-corrected chi connectivity index (χ1v) is 8.52. The summed E-state index contributed by atoms with van der Waals surface area (Å²) in [5, 5.41) is 6.93. The summed E-state index contributed by atoms with van der Waals surface area (Å²) in [4.78, 5) is 25.5. The molecule has 1 aromatic rings. The van der Waals surface area contributed by atoms with Gasteiger partial charge in [0.25, 0.3) is 0 Å². The van der Waals surface area contributed by atoms with Gasteiger partial charge in [0.05, 0.1) is 11.9 Å². The Balaban J connectivity index is 1.60. The van der Waals surface area contributed by atoms with Gasteiger partial charge in [-0.2, -0.15) is 5.10 Å². The van der Waals surface area contributed by atoms with Crippen LogP contribution in [0, 0.1) is 5.92 Å². The molecular formula is C16H25N5O2. The Bertz CT molecular complexity index is 565. The highest BCUT2D eigenvalue weighted by Gasteiger charge is 2.35. The van der Waals surface area contributed by atoms with E-state index >= 15 is 0 Å². The van der Waals surface area contributed by atoms with Gasteiger partial charge in [0, 0.05) is 18.8 Å². The molecule has 2 heterocycles. The van der Waals surface area contributed by atoms with Crippen molar-refractivity contribution in [3.8, 4) is 0 Å². The number of primary amides is 1. The fourth-order valence-corrected chi connectivity index (χ4v) is 3.92. The maximum atomic E-state index is 12.6. The van der Waals surface area contributed by atoms with Gasteiger partial charge in [0.2, 0.25) is 5.91 Å². The van der Waals surface area contributed by atoms with Crippen molar-refractivity contribution in [3.05, 3.63) is 12.4 Å². The summed E-state index contributed by atoms with van der Waals surface area (Å²) in [6.45, 7) is 0.840. The highest BCUT2D eigenvalue weighted by Crippen LogP contribution is 2.34. The summed E-state index contributed by atoms with van der Waals surface area (Å²) >= 11 is 0. The number of nitrogens with one attached hydrogen (secondary N) is 1. The lowest BCUT2D eigenvalue weighted by molar-refractivity contribution is -0.118. The summed E-state index contributed by atoms with van der Waals surface area (Å²) in [5.41, 5.74) is 5.74. The molecule has 3 N–H and O–H groups in total. The van der Waals surface area contributed by atoms with Crippen molar-refractivity contribution in [1.82, 2.24) is 14.7 Å². The lowest BCUT2D eigenvalue weighted by atomic mass is 9.83. The molecule has 126 valence electrons. The van der Waals surface area contributed by atoms with Crippen LogP contribution in [0.2, 0.25) is 0 Å². The van der Waals surface area contributed by atoms with Crippen molar-refractivity contribution in [1.29, 1.82) is 0 Å². The van der Waals surface area contributed by atoms with E-state index < -0.39 is 5.91 Å². The monoisotopic (exact) mass is 319 g/mol. The van der Waals surface area contributed by atoms with Crippen molar-refractivity contribution >= 4 is 17.6 Å². The molecular weight excluding hydrogens is 294 g/mol. The van der Waals surface area contributed by atoms with E-state index in [1.807, 2.05) is 4.90 Å². The number of likely N-dealkylation sites (tertiary alicyclic amines) is 1. The summed E-state index contributed by atoms with van der Waals surface area (Å²) in [6.07, 6.45) is 11.8. The molecule has 23 heavy (non-hydrogen) atoms. The second kappa shape index (κ2) is 7.02. The first-order valence-electron chi connectivity index (χ1n) is 8.52. The highest BCUT2D eigenvalue weighted by molar-refractivity contribution is 5.89. The molecule has 0 radical (unpaired) electrons. The average Bonchev–Trinajstić information content (AvgIpc) is 3.17. The average molecular weight is 319 g/mol. The zero-order valence-corrected chi connectivity index (χ0v) is 13.4. The van der Waals surface area contributed by atoms with Crippen LogP contribution in [0.25, 0.3) is 0 Å². The standard InChI is InChI=1S/C16H25N5O2/c17-15(22)11-20-10-13(9-18-20)19-16(23)21-8-4-7-14(21)12-5-2-1-3-6-12/h9-10,12,14H,1-8,11H2,(H2,17,22)(H,19,23)/t14-/m0/s1. The van der Waals surface area contributed by atoms with Crippen LogP contribution in [-0.4, -0.2) is 39.2 Å². The van der Waals surface area contributed by atoms with Gasteiger partial charge in [0.15, 0.2) is 0 Å². The minimum Gasteiger partial charge on any atom is -0.368 e. The van der Waals surface area contributed by atoms with Crippen molar-refractivity contribution < 1.29 is 9.59 Å².